The number of rotatable bonds is 2. The number of hydrogen-bond donors (Lipinski definition) is 1. The molecule has 4 heterocycles. The number of aliphatic hydroxyl groups is 1. The third kappa shape index (κ3) is 3.51. The summed E-state index contributed by atoms with van der Waals surface area (Å²) in [5.41, 5.74) is 4.44. The highest BCUT2D eigenvalue weighted by molar-refractivity contribution is 5.94. The van der Waals surface area contributed by atoms with Crippen molar-refractivity contribution < 1.29 is 9.90 Å². The lowest BCUT2D eigenvalue weighted by atomic mass is 9.81. The van der Waals surface area contributed by atoms with Crippen LogP contribution in [0, 0.1) is 17.8 Å². The van der Waals surface area contributed by atoms with E-state index in [-0.39, 0.29) is 30.5 Å². The first-order chi connectivity index (χ1) is 15.7. The molecule has 0 saturated carbocycles. The molecule has 3 atom stereocenters. The third-order valence-electron chi connectivity index (χ3n) is 6.53. The average molecular weight is 425 g/mol. The minimum Gasteiger partial charge on any atom is -0.394 e. The Labute approximate surface area is 187 Å². The summed E-state index contributed by atoms with van der Waals surface area (Å²) in [6, 6.07) is 13.4. The topological polar surface area (TPSA) is 69.6 Å². The highest BCUT2D eigenvalue weighted by Crippen LogP contribution is 2.49. The van der Waals surface area contributed by atoms with Gasteiger partial charge in [0.15, 0.2) is 0 Å². The second-order valence-electron chi connectivity index (χ2n) is 8.26. The standard InChI is InChI=1S/C26H24N4O2/c1-29-23-9-8-18(6-7-19-4-2-11-27-15-19)14-22(23)25-21(24(29)17-31)10-13-30(25)26(32)20-5-3-12-28-16-20/h2-5,8-9,11-12,14-16,21,24-25,31H,10,13,17H2,1H3/t21-,24-,25-/m1/s1. The van der Waals surface area contributed by atoms with Crippen molar-refractivity contribution in [2.24, 2.45) is 5.92 Å². The molecule has 1 N–H and O–H groups in total. The van der Waals surface area contributed by atoms with Gasteiger partial charge in [-0.2, -0.15) is 0 Å². The molecule has 6 nitrogen and oxygen atoms in total. The number of carbonyl (C=O) groups excluding carboxylic acids is 1. The average Bonchev–Trinajstić information content (AvgIpc) is 3.29. The van der Waals surface area contributed by atoms with Crippen LogP contribution in [0.5, 0.6) is 0 Å². The van der Waals surface area contributed by atoms with Crippen LogP contribution in [-0.2, 0) is 0 Å². The third-order valence-corrected chi connectivity index (χ3v) is 6.53. The first-order valence-electron chi connectivity index (χ1n) is 10.8. The quantitative estimate of drug-likeness (QED) is 0.641. The Hall–Kier alpha value is -3.69. The zero-order valence-corrected chi connectivity index (χ0v) is 17.8. The summed E-state index contributed by atoms with van der Waals surface area (Å²) < 4.78 is 0. The lowest BCUT2D eigenvalue weighted by molar-refractivity contribution is 0.0693. The van der Waals surface area contributed by atoms with E-state index in [2.05, 4.69) is 32.8 Å². The van der Waals surface area contributed by atoms with Crippen LogP contribution in [0.4, 0.5) is 5.69 Å². The van der Waals surface area contributed by atoms with Crippen LogP contribution in [0.1, 0.15) is 39.5 Å². The van der Waals surface area contributed by atoms with Crippen LogP contribution in [0.25, 0.3) is 0 Å². The summed E-state index contributed by atoms with van der Waals surface area (Å²) in [6.45, 7) is 0.701. The van der Waals surface area contributed by atoms with Crippen molar-refractivity contribution in [3.8, 4) is 11.8 Å². The summed E-state index contributed by atoms with van der Waals surface area (Å²) in [5.74, 6) is 6.53. The predicted molar refractivity (Wildman–Crippen MR) is 122 cm³/mol. The maximum Gasteiger partial charge on any atom is 0.255 e. The Morgan fingerprint density at radius 2 is 1.88 bits per heavy atom. The van der Waals surface area contributed by atoms with Gasteiger partial charge in [-0.05, 0) is 54.4 Å². The van der Waals surface area contributed by atoms with Crippen LogP contribution in [0.15, 0.2) is 67.3 Å². The number of likely N-dealkylation sites (tertiary alicyclic amines) is 1. The van der Waals surface area contributed by atoms with Crippen molar-refractivity contribution in [2.75, 3.05) is 25.1 Å². The maximum absolute atomic E-state index is 13.4. The summed E-state index contributed by atoms with van der Waals surface area (Å²) >= 11 is 0. The molecule has 1 aromatic carbocycles. The van der Waals surface area contributed by atoms with Crippen LogP contribution in [0.2, 0.25) is 0 Å². The first kappa shape index (κ1) is 20.2. The van der Waals surface area contributed by atoms with Gasteiger partial charge in [-0.3, -0.25) is 14.8 Å². The van der Waals surface area contributed by atoms with Gasteiger partial charge in [-0.25, -0.2) is 0 Å². The molecule has 2 aliphatic rings. The molecule has 0 unspecified atom stereocenters. The molecular weight excluding hydrogens is 400 g/mol. The number of likely N-dealkylation sites (N-methyl/N-ethyl adjacent to an activating group) is 1. The van der Waals surface area contributed by atoms with Crippen LogP contribution >= 0.6 is 0 Å². The molecule has 0 bridgehead atoms. The largest absolute Gasteiger partial charge is 0.394 e. The molecule has 1 amide bonds. The lowest BCUT2D eigenvalue weighted by Gasteiger charge is -2.44. The molecule has 1 saturated heterocycles. The van der Waals surface area contributed by atoms with Gasteiger partial charge < -0.3 is 14.9 Å². The number of pyridine rings is 2. The van der Waals surface area contributed by atoms with E-state index in [1.54, 1.807) is 36.9 Å². The molecule has 2 aliphatic heterocycles. The monoisotopic (exact) mass is 424 g/mol. The number of aliphatic hydroxyl groups excluding tert-OH is 1. The van der Waals surface area contributed by atoms with Gasteiger partial charge in [-0.1, -0.05) is 11.8 Å². The summed E-state index contributed by atoms with van der Waals surface area (Å²) in [7, 11) is 2.02. The molecule has 1 fully saturated rings. The van der Waals surface area contributed by atoms with E-state index in [4.69, 9.17) is 0 Å². The Morgan fingerprint density at radius 1 is 1.09 bits per heavy atom. The number of fused-ring (bicyclic) bond motifs is 3. The Bertz CT molecular complexity index is 1190. The number of nitrogens with zero attached hydrogens (tertiary/aromatic N) is 4. The molecule has 160 valence electrons. The van der Waals surface area contributed by atoms with Crippen molar-refractivity contribution in [2.45, 2.75) is 18.5 Å². The number of amides is 1. The van der Waals surface area contributed by atoms with Crippen molar-refractivity contribution in [3.05, 3.63) is 89.5 Å². The smallest absolute Gasteiger partial charge is 0.255 e. The zero-order chi connectivity index (χ0) is 22.1. The maximum atomic E-state index is 13.4. The van der Waals surface area contributed by atoms with Gasteiger partial charge in [0.25, 0.3) is 5.91 Å². The van der Waals surface area contributed by atoms with Gasteiger partial charge in [0.05, 0.1) is 24.3 Å². The fourth-order valence-corrected chi connectivity index (χ4v) is 5.00. The number of benzene rings is 1. The molecule has 2 aromatic heterocycles. The number of anilines is 1. The van der Waals surface area contributed by atoms with Crippen molar-refractivity contribution in [1.82, 2.24) is 14.9 Å². The van der Waals surface area contributed by atoms with Crippen LogP contribution in [0.3, 0.4) is 0 Å². The molecule has 0 radical (unpaired) electrons. The molecule has 0 spiro atoms. The van der Waals surface area contributed by atoms with E-state index in [1.165, 1.54) is 0 Å². The SMILES string of the molecule is CN1c2ccc(C#Cc3cccnc3)cc2[C@H]2[C@H](CCN2C(=O)c2cccnc2)[C@H]1CO. The molecule has 3 aromatic rings. The van der Waals surface area contributed by atoms with Gasteiger partial charge in [0.2, 0.25) is 0 Å². The Kier molecular flexibility index (Phi) is 5.34. The molecule has 5 rings (SSSR count). The van der Waals surface area contributed by atoms with E-state index in [0.717, 1.165) is 28.8 Å². The van der Waals surface area contributed by atoms with E-state index >= 15 is 0 Å². The minimum atomic E-state index is -0.105. The van der Waals surface area contributed by atoms with E-state index in [9.17, 15) is 9.90 Å². The van der Waals surface area contributed by atoms with E-state index < -0.39 is 0 Å². The molecule has 6 heteroatoms. The summed E-state index contributed by atoms with van der Waals surface area (Å²) in [5, 5.41) is 10.2. The first-order valence-corrected chi connectivity index (χ1v) is 10.8. The van der Waals surface area contributed by atoms with Gasteiger partial charge in [-0.15, -0.1) is 0 Å². The van der Waals surface area contributed by atoms with Crippen LogP contribution < -0.4 is 4.90 Å². The second-order valence-corrected chi connectivity index (χ2v) is 8.26. The van der Waals surface area contributed by atoms with E-state index in [0.29, 0.717) is 12.1 Å². The van der Waals surface area contributed by atoms with Crippen LogP contribution in [-0.4, -0.2) is 52.1 Å². The summed E-state index contributed by atoms with van der Waals surface area (Å²) in [6.07, 6.45) is 7.60. The summed E-state index contributed by atoms with van der Waals surface area (Å²) in [4.78, 5) is 25.7. The lowest BCUT2D eigenvalue weighted by Crippen LogP contribution is -2.48. The molecule has 32 heavy (non-hydrogen) atoms. The van der Waals surface area contributed by atoms with Gasteiger partial charge in [0, 0.05) is 61.1 Å². The molecule has 0 aliphatic carbocycles. The zero-order valence-electron chi connectivity index (χ0n) is 17.8. The van der Waals surface area contributed by atoms with Crippen molar-refractivity contribution >= 4 is 11.6 Å². The number of carbonyl (C=O) groups is 1. The fourth-order valence-electron chi connectivity index (χ4n) is 5.00. The number of hydrogen-bond acceptors (Lipinski definition) is 5. The van der Waals surface area contributed by atoms with Crippen molar-refractivity contribution in [1.29, 1.82) is 0 Å². The van der Waals surface area contributed by atoms with Gasteiger partial charge in [0.1, 0.15) is 0 Å². The Balaban J connectivity index is 1.56. The minimum absolute atomic E-state index is 0.0235. The Morgan fingerprint density at radius 3 is 2.59 bits per heavy atom. The highest BCUT2D eigenvalue weighted by atomic mass is 16.3. The normalized spacial score (nSPS) is 21.4. The highest BCUT2D eigenvalue weighted by Gasteiger charge is 2.47. The predicted octanol–water partition coefficient (Wildman–Crippen LogP) is 2.89. The van der Waals surface area contributed by atoms with Crippen molar-refractivity contribution in [3.63, 3.8) is 0 Å². The number of aromatic nitrogens is 2. The van der Waals surface area contributed by atoms with E-state index in [1.807, 2.05) is 36.2 Å². The fraction of sp³-hybridized carbons (Fsp3) is 0.269. The second kappa shape index (κ2) is 8.45. The van der Waals surface area contributed by atoms with Gasteiger partial charge >= 0.3 is 0 Å². The molecular formula is C26H24N4O2.